The van der Waals surface area contributed by atoms with Gasteiger partial charge in [0, 0.05) is 44.0 Å². The van der Waals surface area contributed by atoms with Crippen LogP contribution in [0.2, 0.25) is 0 Å². The van der Waals surface area contributed by atoms with Gasteiger partial charge in [-0.2, -0.15) is 0 Å². The van der Waals surface area contributed by atoms with Crippen molar-refractivity contribution in [2.24, 2.45) is 5.41 Å². The third-order valence-electron chi connectivity index (χ3n) is 2.96. The minimum absolute atomic E-state index is 0.280. The number of methoxy groups -OCH3 is 1. The molecule has 0 bridgehead atoms. The van der Waals surface area contributed by atoms with Gasteiger partial charge in [-0.25, -0.2) is 0 Å². The Labute approximate surface area is 131 Å². The lowest BCUT2D eigenvalue weighted by Crippen LogP contribution is -2.30. The SMILES string of the molecule is COCCNCc1cc(Br)ccc1N(C)CC(C)(C)C. The highest BCUT2D eigenvalue weighted by Gasteiger charge is 2.16. The molecule has 0 spiro atoms. The van der Waals surface area contributed by atoms with Crippen LogP contribution in [-0.4, -0.2) is 33.9 Å². The van der Waals surface area contributed by atoms with E-state index in [1.165, 1.54) is 11.3 Å². The Bertz CT molecular complexity index is 415. The maximum atomic E-state index is 5.06. The molecule has 0 atom stereocenters. The first-order valence-electron chi connectivity index (χ1n) is 7.03. The molecule has 0 amide bonds. The predicted octanol–water partition coefficient (Wildman–Crippen LogP) is 3.67. The molecule has 0 aliphatic heterocycles. The van der Waals surface area contributed by atoms with E-state index < -0.39 is 0 Å². The van der Waals surface area contributed by atoms with Gasteiger partial charge in [-0.1, -0.05) is 36.7 Å². The van der Waals surface area contributed by atoms with Crippen molar-refractivity contribution in [3.8, 4) is 0 Å². The maximum absolute atomic E-state index is 5.06. The molecule has 0 fully saturated rings. The summed E-state index contributed by atoms with van der Waals surface area (Å²) in [7, 11) is 3.89. The molecule has 1 N–H and O–H groups in total. The average molecular weight is 343 g/mol. The fourth-order valence-electron chi connectivity index (χ4n) is 2.26. The van der Waals surface area contributed by atoms with E-state index in [9.17, 15) is 0 Å². The van der Waals surface area contributed by atoms with Gasteiger partial charge in [0.15, 0.2) is 0 Å². The van der Waals surface area contributed by atoms with Gasteiger partial charge >= 0.3 is 0 Å². The van der Waals surface area contributed by atoms with Crippen LogP contribution in [0.4, 0.5) is 5.69 Å². The standard InChI is InChI=1S/C16H27BrN2O/c1-16(2,3)12-19(4)15-7-6-14(17)10-13(15)11-18-8-9-20-5/h6-7,10,18H,8-9,11-12H2,1-5H3. The Morgan fingerprint density at radius 2 is 2.00 bits per heavy atom. The molecule has 20 heavy (non-hydrogen) atoms. The summed E-state index contributed by atoms with van der Waals surface area (Å²) < 4.78 is 6.18. The number of hydrogen-bond acceptors (Lipinski definition) is 3. The molecule has 1 aromatic carbocycles. The van der Waals surface area contributed by atoms with Crippen LogP contribution in [0.15, 0.2) is 22.7 Å². The molecule has 0 aliphatic carbocycles. The largest absolute Gasteiger partial charge is 0.383 e. The van der Waals surface area contributed by atoms with Gasteiger partial charge < -0.3 is 15.0 Å². The zero-order valence-electron chi connectivity index (χ0n) is 13.3. The number of benzene rings is 1. The third kappa shape index (κ3) is 6.25. The van der Waals surface area contributed by atoms with E-state index in [0.29, 0.717) is 0 Å². The molecule has 0 saturated carbocycles. The molecule has 0 heterocycles. The van der Waals surface area contributed by atoms with E-state index in [2.05, 4.69) is 72.2 Å². The van der Waals surface area contributed by atoms with Gasteiger partial charge in [-0.15, -0.1) is 0 Å². The molecule has 4 heteroatoms. The van der Waals surface area contributed by atoms with Crippen molar-refractivity contribution in [1.82, 2.24) is 5.32 Å². The molecule has 0 unspecified atom stereocenters. The van der Waals surface area contributed by atoms with Gasteiger partial charge in [-0.05, 0) is 29.2 Å². The van der Waals surface area contributed by atoms with Crippen molar-refractivity contribution in [2.45, 2.75) is 27.3 Å². The summed E-state index contributed by atoms with van der Waals surface area (Å²) in [6.07, 6.45) is 0. The van der Waals surface area contributed by atoms with Crippen LogP contribution in [0.3, 0.4) is 0 Å². The molecule has 0 aliphatic rings. The summed E-state index contributed by atoms with van der Waals surface area (Å²) in [5.41, 5.74) is 2.87. The Hall–Kier alpha value is -0.580. The fraction of sp³-hybridized carbons (Fsp3) is 0.625. The lowest BCUT2D eigenvalue weighted by Gasteiger charge is -2.30. The second-order valence-corrected chi connectivity index (χ2v) is 7.28. The summed E-state index contributed by atoms with van der Waals surface area (Å²) in [6, 6.07) is 6.48. The first kappa shape index (κ1) is 17.5. The Morgan fingerprint density at radius 1 is 1.30 bits per heavy atom. The smallest absolute Gasteiger partial charge is 0.0587 e. The van der Waals surface area contributed by atoms with Crippen molar-refractivity contribution in [3.63, 3.8) is 0 Å². The van der Waals surface area contributed by atoms with Gasteiger partial charge in [-0.3, -0.25) is 0 Å². The summed E-state index contributed by atoms with van der Waals surface area (Å²) in [6.45, 7) is 10.3. The predicted molar refractivity (Wildman–Crippen MR) is 90.4 cm³/mol. The van der Waals surface area contributed by atoms with E-state index in [1.807, 2.05) is 0 Å². The monoisotopic (exact) mass is 342 g/mol. The fourth-order valence-corrected chi connectivity index (χ4v) is 2.67. The zero-order chi connectivity index (χ0) is 15.2. The second kappa shape index (κ2) is 8.01. The van der Waals surface area contributed by atoms with Crippen molar-refractivity contribution < 1.29 is 4.74 Å². The number of nitrogens with one attached hydrogen (secondary N) is 1. The summed E-state index contributed by atoms with van der Waals surface area (Å²) in [5, 5.41) is 3.42. The van der Waals surface area contributed by atoms with E-state index in [0.717, 1.165) is 30.7 Å². The second-order valence-electron chi connectivity index (χ2n) is 6.36. The molecule has 1 aromatic rings. The van der Waals surface area contributed by atoms with Crippen molar-refractivity contribution in [1.29, 1.82) is 0 Å². The molecule has 0 saturated heterocycles. The lowest BCUT2D eigenvalue weighted by molar-refractivity contribution is 0.199. The number of hydrogen-bond donors (Lipinski definition) is 1. The van der Waals surface area contributed by atoms with Crippen LogP contribution in [0.25, 0.3) is 0 Å². The molecule has 1 rings (SSSR count). The lowest BCUT2D eigenvalue weighted by atomic mass is 9.95. The number of nitrogens with zero attached hydrogens (tertiary/aromatic N) is 1. The van der Waals surface area contributed by atoms with E-state index in [1.54, 1.807) is 7.11 Å². The van der Waals surface area contributed by atoms with Gasteiger partial charge in [0.2, 0.25) is 0 Å². The summed E-state index contributed by atoms with van der Waals surface area (Å²) >= 11 is 3.56. The molecule has 0 radical (unpaired) electrons. The average Bonchev–Trinajstić information content (AvgIpc) is 2.32. The highest BCUT2D eigenvalue weighted by atomic mass is 79.9. The van der Waals surface area contributed by atoms with Crippen LogP contribution in [0.1, 0.15) is 26.3 Å². The van der Waals surface area contributed by atoms with Gasteiger partial charge in [0.1, 0.15) is 0 Å². The van der Waals surface area contributed by atoms with Gasteiger partial charge in [0.05, 0.1) is 6.61 Å². The molecular weight excluding hydrogens is 316 g/mol. The zero-order valence-corrected chi connectivity index (χ0v) is 14.9. The first-order valence-corrected chi connectivity index (χ1v) is 7.82. The van der Waals surface area contributed by atoms with Crippen molar-refractivity contribution in [2.75, 3.05) is 38.8 Å². The van der Waals surface area contributed by atoms with Crippen LogP contribution in [0.5, 0.6) is 0 Å². The van der Waals surface area contributed by atoms with Crippen LogP contribution < -0.4 is 10.2 Å². The number of halogens is 1. The maximum Gasteiger partial charge on any atom is 0.0587 e. The minimum atomic E-state index is 0.280. The quantitative estimate of drug-likeness (QED) is 0.765. The highest BCUT2D eigenvalue weighted by molar-refractivity contribution is 9.10. The van der Waals surface area contributed by atoms with E-state index in [-0.39, 0.29) is 5.41 Å². The number of anilines is 1. The normalized spacial score (nSPS) is 11.7. The summed E-state index contributed by atoms with van der Waals surface area (Å²) in [5.74, 6) is 0. The van der Waals surface area contributed by atoms with Crippen molar-refractivity contribution in [3.05, 3.63) is 28.2 Å². The molecule has 114 valence electrons. The number of rotatable bonds is 7. The Kier molecular flexibility index (Phi) is 7.00. The van der Waals surface area contributed by atoms with Crippen LogP contribution in [-0.2, 0) is 11.3 Å². The topological polar surface area (TPSA) is 24.5 Å². The van der Waals surface area contributed by atoms with Gasteiger partial charge in [0.25, 0.3) is 0 Å². The van der Waals surface area contributed by atoms with Crippen LogP contribution >= 0.6 is 15.9 Å². The number of ether oxygens (including phenoxy) is 1. The highest BCUT2D eigenvalue weighted by Crippen LogP contribution is 2.26. The first-order chi connectivity index (χ1) is 9.33. The molecule has 0 aromatic heterocycles. The van der Waals surface area contributed by atoms with E-state index >= 15 is 0 Å². The Morgan fingerprint density at radius 3 is 2.60 bits per heavy atom. The van der Waals surface area contributed by atoms with E-state index in [4.69, 9.17) is 4.74 Å². The van der Waals surface area contributed by atoms with Crippen molar-refractivity contribution >= 4 is 21.6 Å². The molecular formula is C16H27BrN2O. The van der Waals surface area contributed by atoms with Crippen LogP contribution in [0, 0.1) is 5.41 Å². The minimum Gasteiger partial charge on any atom is -0.383 e. The Balaban J connectivity index is 2.78. The third-order valence-corrected chi connectivity index (χ3v) is 3.46. The molecule has 3 nitrogen and oxygen atoms in total. The summed E-state index contributed by atoms with van der Waals surface area (Å²) in [4.78, 5) is 2.33.